The number of thioether (sulfide) groups is 1. The Labute approximate surface area is 140 Å². The number of nitrogens with zero attached hydrogens (tertiary/aromatic N) is 4. The van der Waals surface area contributed by atoms with Gasteiger partial charge < -0.3 is 5.32 Å². The van der Waals surface area contributed by atoms with Crippen molar-refractivity contribution in [2.45, 2.75) is 49.7 Å². The molecule has 1 amide bonds. The number of nitrogens with one attached hydrogen (secondary N) is 1. The summed E-state index contributed by atoms with van der Waals surface area (Å²) >= 11 is 1.55. The highest BCUT2D eigenvalue weighted by Gasteiger charge is 2.20. The molecule has 1 N–H and O–H groups in total. The smallest absolute Gasteiger partial charge is 0.225 e. The lowest BCUT2D eigenvalue weighted by atomic mass is 9.96. The molecule has 6 nitrogen and oxygen atoms in total. The monoisotopic (exact) mass is 331 g/mol. The molecule has 0 bridgehead atoms. The predicted molar refractivity (Wildman–Crippen MR) is 90.4 cm³/mol. The van der Waals surface area contributed by atoms with Crippen molar-refractivity contribution in [3.63, 3.8) is 0 Å². The summed E-state index contributed by atoms with van der Waals surface area (Å²) in [4.78, 5) is 11.9. The number of carbonyl (C=O) groups is 1. The minimum absolute atomic E-state index is 0.0143. The summed E-state index contributed by atoms with van der Waals surface area (Å²) in [6.07, 6.45) is 6.53. The van der Waals surface area contributed by atoms with Crippen LogP contribution in [0.4, 0.5) is 5.69 Å². The molecular weight excluding hydrogens is 310 g/mol. The Kier molecular flexibility index (Phi) is 5.63. The number of carbonyl (C=O) groups excluding carboxylic acids is 1. The molecule has 0 radical (unpaired) electrons. The zero-order chi connectivity index (χ0) is 15.9. The number of tetrazole rings is 1. The van der Waals surface area contributed by atoms with Gasteiger partial charge in [0.2, 0.25) is 11.1 Å². The lowest BCUT2D eigenvalue weighted by molar-refractivity contribution is -0.115. The van der Waals surface area contributed by atoms with Crippen LogP contribution in [0, 0.1) is 0 Å². The Morgan fingerprint density at radius 3 is 2.78 bits per heavy atom. The van der Waals surface area contributed by atoms with Crippen molar-refractivity contribution in [3.8, 4) is 0 Å². The fourth-order valence-corrected chi connectivity index (χ4v) is 3.70. The van der Waals surface area contributed by atoms with Gasteiger partial charge in [-0.1, -0.05) is 49.2 Å². The molecule has 1 fully saturated rings. The van der Waals surface area contributed by atoms with Crippen molar-refractivity contribution in [3.05, 3.63) is 30.3 Å². The maximum Gasteiger partial charge on any atom is 0.225 e. The van der Waals surface area contributed by atoms with Crippen LogP contribution in [0.2, 0.25) is 0 Å². The minimum atomic E-state index is 0.0143. The van der Waals surface area contributed by atoms with Gasteiger partial charge in [0.15, 0.2) is 0 Å². The van der Waals surface area contributed by atoms with E-state index in [0.29, 0.717) is 18.2 Å². The number of rotatable bonds is 6. The maximum atomic E-state index is 11.9. The van der Waals surface area contributed by atoms with E-state index in [1.165, 1.54) is 19.3 Å². The van der Waals surface area contributed by atoms with E-state index in [1.807, 2.05) is 35.0 Å². The van der Waals surface area contributed by atoms with Crippen LogP contribution >= 0.6 is 11.8 Å². The molecule has 1 aromatic heterocycles. The normalized spacial score (nSPS) is 15.5. The molecule has 0 saturated heterocycles. The van der Waals surface area contributed by atoms with Gasteiger partial charge in [0.25, 0.3) is 0 Å². The van der Waals surface area contributed by atoms with E-state index in [9.17, 15) is 4.79 Å². The van der Waals surface area contributed by atoms with Crippen LogP contribution in [0.5, 0.6) is 0 Å². The lowest BCUT2D eigenvalue weighted by Crippen LogP contribution is -2.16. The molecule has 0 aliphatic heterocycles. The zero-order valence-electron chi connectivity index (χ0n) is 13.0. The molecule has 1 heterocycles. The second-order valence-electron chi connectivity index (χ2n) is 5.71. The topological polar surface area (TPSA) is 72.7 Å². The first-order valence-corrected chi connectivity index (χ1v) is 9.07. The molecular formula is C16H21N5OS. The van der Waals surface area contributed by atoms with Crippen molar-refractivity contribution >= 4 is 23.4 Å². The fourth-order valence-electron chi connectivity index (χ4n) is 2.82. The number of hydrogen-bond donors (Lipinski definition) is 1. The van der Waals surface area contributed by atoms with Crippen LogP contribution in [0.25, 0.3) is 0 Å². The van der Waals surface area contributed by atoms with Gasteiger partial charge in [0.05, 0.1) is 6.04 Å². The van der Waals surface area contributed by atoms with Crippen molar-refractivity contribution in [2.24, 2.45) is 0 Å². The number of anilines is 1. The Balaban J connectivity index is 1.47. The summed E-state index contributed by atoms with van der Waals surface area (Å²) in [6.45, 7) is 0. The van der Waals surface area contributed by atoms with Crippen molar-refractivity contribution in [1.82, 2.24) is 20.2 Å². The van der Waals surface area contributed by atoms with Gasteiger partial charge in [0, 0.05) is 17.9 Å². The van der Waals surface area contributed by atoms with E-state index in [4.69, 9.17) is 0 Å². The molecule has 0 spiro atoms. The quantitative estimate of drug-likeness (QED) is 0.822. The predicted octanol–water partition coefficient (Wildman–Crippen LogP) is 3.30. The molecule has 3 rings (SSSR count). The second kappa shape index (κ2) is 8.10. The minimum Gasteiger partial charge on any atom is -0.326 e. The Bertz CT molecular complexity index is 624. The summed E-state index contributed by atoms with van der Waals surface area (Å²) in [6, 6.07) is 9.92. The molecule has 0 atom stereocenters. The van der Waals surface area contributed by atoms with Crippen LogP contribution in [-0.2, 0) is 4.79 Å². The van der Waals surface area contributed by atoms with E-state index in [2.05, 4.69) is 20.8 Å². The van der Waals surface area contributed by atoms with Gasteiger partial charge >= 0.3 is 0 Å². The standard InChI is InChI=1S/C16H21N5OS/c22-15(17-13-7-3-1-4-8-13)11-12-23-16-18-19-20-21(16)14-9-5-2-6-10-14/h1,3-4,7-8,14H,2,5-6,9-12H2,(H,17,22). The third-order valence-electron chi connectivity index (χ3n) is 4.00. The molecule has 0 unspecified atom stereocenters. The first-order chi connectivity index (χ1) is 11.3. The van der Waals surface area contributed by atoms with Gasteiger partial charge in [-0.05, 0) is 35.4 Å². The van der Waals surface area contributed by atoms with Crippen LogP contribution in [0.3, 0.4) is 0 Å². The molecule has 1 aromatic carbocycles. The molecule has 1 saturated carbocycles. The Morgan fingerprint density at radius 2 is 2.00 bits per heavy atom. The fraction of sp³-hybridized carbons (Fsp3) is 0.500. The van der Waals surface area contributed by atoms with Gasteiger partial charge in [-0.3, -0.25) is 4.79 Å². The third kappa shape index (κ3) is 4.54. The first kappa shape index (κ1) is 16.0. The Hall–Kier alpha value is -1.89. The molecule has 122 valence electrons. The molecule has 7 heteroatoms. The van der Waals surface area contributed by atoms with E-state index in [0.717, 1.165) is 23.7 Å². The van der Waals surface area contributed by atoms with E-state index in [-0.39, 0.29) is 5.91 Å². The molecule has 1 aliphatic rings. The highest BCUT2D eigenvalue weighted by atomic mass is 32.2. The summed E-state index contributed by atoms with van der Waals surface area (Å²) in [5.74, 6) is 0.687. The van der Waals surface area contributed by atoms with E-state index >= 15 is 0 Å². The largest absolute Gasteiger partial charge is 0.326 e. The average Bonchev–Trinajstić information content (AvgIpc) is 3.05. The summed E-state index contributed by atoms with van der Waals surface area (Å²) in [5, 5.41) is 15.8. The number of para-hydroxylation sites is 1. The lowest BCUT2D eigenvalue weighted by Gasteiger charge is -2.21. The van der Waals surface area contributed by atoms with Crippen molar-refractivity contribution in [2.75, 3.05) is 11.1 Å². The maximum absolute atomic E-state index is 11.9. The number of aromatic nitrogens is 4. The highest BCUT2D eigenvalue weighted by Crippen LogP contribution is 2.30. The molecule has 23 heavy (non-hydrogen) atoms. The number of hydrogen-bond acceptors (Lipinski definition) is 5. The van der Waals surface area contributed by atoms with E-state index < -0.39 is 0 Å². The van der Waals surface area contributed by atoms with Crippen molar-refractivity contribution in [1.29, 1.82) is 0 Å². The second-order valence-corrected chi connectivity index (χ2v) is 6.77. The van der Waals surface area contributed by atoms with Crippen LogP contribution in [0.15, 0.2) is 35.5 Å². The van der Waals surface area contributed by atoms with Crippen LogP contribution in [-0.4, -0.2) is 31.9 Å². The summed E-state index contributed by atoms with van der Waals surface area (Å²) < 4.78 is 1.94. The first-order valence-electron chi connectivity index (χ1n) is 8.08. The summed E-state index contributed by atoms with van der Waals surface area (Å²) in [5.41, 5.74) is 0.828. The van der Waals surface area contributed by atoms with Gasteiger partial charge in [-0.15, -0.1) is 5.10 Å². The Morgan fingerprint density at radius 1 is 1.22 bits per heavy atom. The SMILES string of the molecule is O=C(CCSc1nnnn1C1CCCCC1)Nc1ccccc1. The van der Waals surface area contributed by atoms with Crippen LogP contribution in [0.1, 0.15) is 44.6 Å². The zero-order valence-corrected chi connectivity index (χ0v) is 13.8. The van der Waals surface area contributed by atoms with Gasteiger partial charge in [-0.2, -0.15) is 0 Å². The number of amides is 1. The van der Waals surface area contributed by atoms with Gasteiger partial charge in [0.1, 0.15) is 0 Å². The molecule has 2 aromatic rings. The van der Waals surface area contributed by atoms with Crippen molar-refractivity contribution < 1.29 is 4.79 Å². The van der Waals surface area contributed by atoms with Gasteiger partial charge in [-0.25, -0.2) is 4.68 Å². The molecule has 1 aliphatic carbocycles. The number of benzene rings is 1. The third-order valence-corrected chi connectivity index (χ3v) is 4.94. The average molecular weight is 331 g/mol. The van der Waals surface area contributed by atoms with E-state index in [1.54, 1.807) is 11.8 Å². The van der Waals surface area contributed by atoms with Crippen LogP contribution < -0.4 is 5.32 Å². The summed E-state index contributed by atoms with van der Waals surface area (Å²) in [7, 11) is 0. The highest BCUT2D eigenvalue weighted by molar-refractivity contribution is 7.99.